The van der Waals surface area contributed by atoms with E-state index in [2.05, 4.69) is 0 Å². The number of Topliss-reactive ketones (excluding diaryl/α,β-unsaturated/α-hetero) is 1. The number of rotatable bonds is 10. The highest BCUT2D eigenvalue weighted by Crippen LogP contribution is 2.46. The van der Waals surface area contributed by atoms with Gasteiger partial charge < -0.3 is 18.6 Å². The van der Waals surface area contributed by atoms with Crippen molar-refractivity contribution in [1.82, 2.24) is 0 Å². The Balaban J connectivity index is 5.29. The van der Waals surface area contributed by atoms with E-state index < -0.39 is 45.8 Å². The monoisotopic (exact) mass is 382 g/mol. The third kappa shape index (κ3) is 6.76. The lowest BCUT2D eigenvalue weighted by molar-refractivity contribution is -0.144. The van der Waals surface area contributed by atoms with Crippen molar-refractivity contribution in [3.8, 4) is 0 Å². The predicted molar refractivity (Wildman–Crippen MR) is 95.0 cm³/mol. The van der Waals surface area contributed by atoms with E-state index in [1.165, 1.54) is 21.1 Å². The molecule has 0 radical (unpaired) electrons. The Labute approximate surface area is 145 Å². The van der Waals surface area contributed by atoms with Crippen LogP contribution in [0.2, 0.25) is 18.1 Å². The fraction of sp³-hybridized carbons (Fsp3) is 0.867. The largest absolute Gasteiger partial charge is 0.481 e. The summed E-state index contributed by atoms with van der Waals surface area (Å²) in [5.41, 5.74) is 0. The van der Waals surface area contributed by atoms with Crippen molar-refractivity contribution >= 4 is 27.7 Å². The summed E-state index contributed by atoms with van der Waals surface area (Å²) in [6, 6.07) is 0. The van der Waals surface area contributed by atoms with Crippen LogP contribution in [0.15, 0.2) is 0 Å². The Morgan fingerprint density at radius 1 is 1.17 bits per heavy atom. The second kappa shape index (κ2) is 8.72. The van der Waals surface area contributed by atoms with Gasteiger partial charge in [0.15, 0.2) is 8.32 Å². The molecule has 0 aliphatic rings. The minimum absolute atomic E-state index is 0.124. The van der Waals surface area contributed by atoms with Gasteiger partial charge in [0.2, 0.25) is 0 Å². The normalized spacial score (nSPS) is 15.8. The van der Waals surface area contributed by atoms with Gasteiger partial charge in [-0.15, -0.1) is 0 Å². The van der Waals surface area contributed by atoms with Crippen LogP contribution in [0.25, 0.3) is 0 Å². The fourth-order valence-corrected chi connectivity index (χ4v) is 4.11. The average Bonchev–Trinajstić information content (AvgIpc) is 2.43. The van der Waals surface area contributed by atoms with Gasteiger partial charge in [0, 0.05) is 20.6 Å². The molecule has 24 heavy (non-hydrogen) atoms. The Morgan fingerprint density at radius 3 is 1.96 bits per heavy atom. The quantitative estimate of drug-likeness (QED) is 0.456. The number of hydrogen-bond donors (Lipinski definition) is 1. The Bertz CT molecular complexity index is 491. The Morgan fingerprint density at radius 2 is 1.62 bits per heavy atom. The predicted octanol–water partition coefficient (Wildman–Crippen LogP) is 3.54. The SMILES string of the molecule is COP(=O)(CC(=O)C[C@@H](O[Si](C)(C)C(C)(C)C)C(C)C(=O)O)OC. The van der Waals surface area contributed by atoms with Crippen LogP contribution in [-0.4, -0.2) is 51.7 Å². The van der Waals surface area contributed by atoms with Crippen LogP contribution in [0, 0.1) is 5.92 Å². The minimum Gasteiger partial charge on any atom is -0.481 e. The molecule has 0 bridgehead atoms. The lowest BCUT2D eigenvalue weighted by Crippen LogP contribution is -2.47. The van der Waals surface area contributed by atoms with E-state index in [0.29, 0.717) is 0 Å². The second-order valence-corrected chi connectivity index (χ2v) is 14.4. The minimum atomic E-state index is -3.47. The van der Waals surface area contributed by atoms with E-state index >= 15 is 0 Å². The molecule has 0 aliphatic carbocycles. The fourth-order valence-electron chi connectivity index (χ4n) is 1.74. The van der Waals surface area contributed by atoms with Crippen molar-refractivity contribution in [1.29, 1.82) is 0 Å². The van der Waals surface area contributed by atoms with Gasteiger partial charge in [-0.05, 0) is 25.1 Å². The number of ketones is 1. The zero-order valence-corrected chi connectivity index (χ0v) is 17.8. The summed E-state index contributed by atoms with van der Waals surface area (Å²) in [4.78, 5) is 23.6. The van der Waals surface area contributed by atoms with Crippen molar-refractivity contribution in [2.45, 2.75) is 58.4 Å². The molecule has 1 N–H and O–H groups in total. The standard InChI is InChI=1S/C15H31O7PSi/c1-11(14(17)18)13(22-24(7,8)15(2,3)4)9-12(16)10-23(19,20-5)21-6/h11,13H,9-10H2,1-8H3,(H,17,18)/t11?,13-/m1/s1. The van der Waals surface area contributed by atoms with E-state index in [0.717, 1.165) is 0 Å². The maximum absolute atomic E-state index is 12.3. The van der Waals surface area contributed by atoms with Crippen LogP contribution in [0.3, 0.4) is 0 Å². The lowest BCUT2D eigenvalue weighted by atomic mass is 10.0. The molecule has 0 amide bonds. The average molecular weight is 382 g/mol. The van der Waals surface area contributed by atoms with E-state index in [1.807, 2.05) is 33.9 Å². The van der Waals surface area contributed by atoms with E-state index in [-0.39, 0.29) is 11.5 Å². The van der Waals surface area contributed by atoms with Crippen molar-refractivity contribution in [3.05, 3.63) is 0 Å². The number of carboxylic acids is 1. The molecular weight excluding hydrogens is 351 g/mol. The summed E-state index contributed by atoms with van der Waals surface area (Å²) in [6.45, 7) is 11.6. The van der Waals surface area contributed by atoms with Crippen molar-refractivity contribution in [3.63, 3.8) is 0 Å². The van der Waals surface area contributed by atoms with Gasteiger partial charge in [-0.1, -0.05) is 20.8 Å². The molecule has 0 fully saturated rings. The highest BCUT2D eigenvalue weighted by Gasteiger charge is 2.42. The molecule has 2 atom stereocenters. The van der Waals surface area contributed by atoms with Crippen LogP contribution in [-0.2, 0) is 27.6 Å². The topological polar surface area (TPSA) is 99.1 Å². The number of aliphatic carboxylic acids is 1. The highest BCUT2D eigenvalue weighted by atomic mass is 31.2. The molecule has 1 unspecified atom stereocenters. The summed E-state index contributed by atoms with van der Waals surface area (Å²) in [6.07, 6.45) is -1.32. The smallest absolute Gasteiger partial charge is 0.337 e. The van der Waals surface area contributed by atoms with Crippen molar-refractivity contribution < 1.29 is 32.7 Å². The van der Waals surface area contributed by atoms with Crippen LogP contribution in [0.1, 0.15) is 34.1 Å². The molecule has 0 saturated heterocycles. The Hall–Kier alpha value is -0.533. The van der Waals surface area contributed by atoms with Crippen LogP contribution < -0.4 is 0 Å². The molecule has 0 aromatic carbocycles. The van der Waals surface area contributed by atoms with E-state index in [1.54, 1.807) is 0 Å². The first-order valence-corrected chi connectivity index (χ1v) is 12.5. The molecular formula is C15H31O7PSi. The molecule has 142 valence electrons. The summed E-state index contributed by atoms with van der Waals surface area (Å²) < 4.78 is 27.8. The lowest BCUT2D eigenvalue weighted by Gasteiger charge is -2.40. The molecule has 0 saturated carbocycles. The maximum atomic E-state index is 12.3. The zero-order chi connectivity index (χ0) is 19.3. The summed E-state index contributed by atoms with van der Waals surface area (Å²) >= 11 is 0. The van der Waals surface area contributed by atoms with Gasteiger partial charge in [0.25, 0.3) is 0 Å². The summed E-state index contributed by atoms with van der Waals surface area (Å²) in [7, 11) is -3.32. The number of carbonyl (C=O) groups excluding carboxylic acids is 1. The summed E-state index contributed by atoms with van der Waals surface area (Å²) in [5, 5.41) is 9.19. The number of hydrogen-bond acceptors (Lipinski definition) is 6. The molecule has 0 heterocycles. The van der Waals surface area contributed by atoms with Crippen LogP contribution in [0.4, 0.5) is 0 Å². The molecule has 9 heteroatoms. The van der Waals surface area contributed by atoms with E-state index in [9.17, 15) is 19.3 Å². The van der Waals surface area contributed by atoms with Crippen molar-refractivity contribution in [2.75, 3.05) is 20.4 Å². The Kier molecular flexibility index (Phi) is 8.52. The molecule has 0 aromatic heterocycles. The summed E-state index contributed by atoms with van der Waals surface area (Å²) in [5.74, 6) is -2.29. The van der Waals surface area contributed by atoms with Crippen LogP contribution in [0.5, 0.6) is 0 Å². The second-order valence-electron chi connectivity index (χ2n) is 7.42. The van der Waals surface area contributed by atoms with Gasteiger partial charge in [-0.25, -0.2) is 0 Å². The first-order chi connectivity index (χ1) is 10.7. The third-order valence-corrected chi connectivity index (χ3v) is 10.9. The molecule has 0 aromatic rings. The maximum Gasteiger partial charge on any atom is 0.337 e. The molecule has 7 nitrogen and oxygen atoms in total. The third-order valence-electron chi connectivity index (χ3n) is 4.55. The molecule has 0 aliphatic heterocycles. The number of carbonyl (C=O) groups is 2. The first kappa shape index (κ1) is 23.5. The van der Waals surface area contributed by atoms with Gasteiger partial charge in [-0.3, -0.25) is 14.2 Å². The molecule has 0 spiro atoms. The van der Waals surface area contributed by atoms with E-state index in [4.69, 9.17) is 13.5 Å². The first-order valence-electron chi connectivity index (χ1n) is 7.82. The zero-order valence-electron chi connectivity index (χ0n) is 15.9. The van der Waals surface area contributed by atoms with Crippen molar-refractivity contribution in [2.24, 2.45) is 5.92 Å². The van der Waals surface area contributed by atoms with Gasteiger partial charge in [-0.2, -0.15) is 0 Å². The highest BCUT2D eigenvalue weighted by molar-refractivity contribution is 7.54. The number of carboxylic acid groups (broad SMARTS) is 1. The molecule has 0 rings (SSSR count). The van der Waals surface area contributed by atoms with Gasteiger partial charge in [0.1, 0.15) is 11.9 Å². The van der Waals surface area contributed by atoms with Gasteiger partial charge >= 0.3 is 13.6 Å². The van der Waals surface area contributed by atoms with Gasteiger partial charge in [0.05, 0.1) is 12.0 Å². The van der Waals surface area contributed by atoms with Crippen LogP contribution >= 0.6 is 7.60 Å².